The van der Waals surface area contributed by atoms with E-state index < -0.39 is 5.92 Å². The highest BCUT2D eigenvalue weighted by Crippen LogP contribution is 2.47. The number of carbonyl (C=O) groups excluding carboxylic acids is 2. The number of nitrogens with one attached hydrogen (secondary N) is 2. The Hall–Kier alpha value is -3.55. The summed E-state index contributed by atoms with van der Waals surface area (Å²) in [4.78, 5) is 28.5. The Bertz CT molecular complexity index is 1390. The van der Waals surface area contributed by atoms with Gasteiger partial charge in [0.2, 0.25) is 0 Å². The molecule has 2 aliphatic rings. The van der Waals surface area contributed by atoms with Crippen molar-refractivity contribution in [3.63, 3.8) is 0 Å². The van der Waals surface area contributed by atoms with E-state index in [-0.39, 0.29) is 29.1 Å². The van der Waals surface area contributed by atoms with Crippen molar-refractivity contribution >= 4 is 40.3 Å². The van der Waals surface area contributed by atoms with Crippen LogP contribution in [-0.2, 0) is 9.59 Å². The van der Waals surface area contributed by atoms with Gasteiger partial charge in [-0.05, 0) is 66.8 Å². The van der Waals surface area contributed by atoms with Crippen LogP contribution >= 0.6 is 22.9 Å². The van der Waals surface area contributed by atoms with E-state index in [2.05, 4.69) is 16.7 Å². The van der Waals surface area contributed by atoms with Gasteiger partial charge in [-0.2, -0.15) is 0 Å². The van der Waals surface area contributed by atoms with Gasteiger partial charge in [-0.15, -0.1) is 11.3 Å². The lowest BCUT2D eigenvalue weighted by Crippen LogP contribution is -2.37. The van der Waals surface area contributed by atoms with Crippen LogP contribution in [0.1, 0.15) is 42.0 Å². The quantitative estimate of drug-likeness (QED) is 0.377. The molecule has 0 saturated heterocycles. The topological polar surface area (TPSA) is 87.7 Å². The minimum atomic E-state index is -0.611. The number of phenols is 1. The zero-order valence-electron chi connectivity index (χ0n) is 19.8. The van der Waals surface area contributed by atoms with Gasteiger partial charge >= 0.3 is 0 Å². The fourth-order valence-electron chi connectivity index (χ4n) is 5.00. The number of benzene rings is 2. The third-order valence-electron chi connectivity index (χ3n) is 6.66. The number of aromatic hydroxyl groups is 1. The third kappa shape index (κ3) is 4.52. The second kappa shape index (κ2) is 9.84. The molecule has 5 rings (SSSR count). The van der Waals surface area contributed by atoms with Crippen LogP contribution in [0.4, 0.5) is 5.69 Å². The lowest BCUT2D eigenvalue weighted by atomic mass is 9.72. The Morgan fingerprint density at radius 3 is 2.64 bits per heavy atom. The van der Waals surface area contributed by atoms with Gasteiger partial charge in [-0.25, -0.2) is 0 Å². The van der Waals surface area contributed by atoms with Crippen molar-refractivity contribution in [1.29, 1.82) is 0 Å². The first kappa shape index (κ1) is 24.2. The molecule has 36 heavy (non-hydrogen) atoms. The number of ether oxygens (including phenoxy) is 1. The Kier molecular flexibility index (Phi) is 6.60. The first-order valence-corrected chi connectivity index (χ1v) is 12.8. The van der Waals surface area contributed by atoms with Gasteiger partial charge in [-0.1, -0.05) is 23.7 Å². The molecule has 0 saturated carbocycles. The highest BCUT2D eigenvalue weighted by Gasteiger charge is 2.41. The van der Waals surface area contributed by atoms with Crippen LogP contribution in [0.3, 0.4) is 0 Å². The number of halogens is 1. The maximum atomic E-state index is 13.7. The van der Waals surface area contributed by atoms with Gasteiger partial charge in [0.1, 0.15) is 0 Å². The van der Waals surface area contributed by atoms with Gasteiger partial charge < -0.3 is 20.5 Å². The second-order valence-corrected chi connectivity index (χ2v) is 10.3. The molecule has 2 aromatic carbocycles. The number of hydrogen-bond donors (Lipinski definition) is 3. The molecule has 0 bridgehead atoms. The van der Waals surface area contributed by atoms with Gasteiger partial charge in [0.25, 0.3) is 5.91 Å². The molecule has 1 amide bonds. The van der Waals surface area contributed by atoms with Crippen molar-refractivity contribution in [3.05, 3.63) is 98.0 Å². The average Bonchev–Trinajstić information content (AvgIpc) is 3.40. The van der Waals surface area contributed by atoms with Crippen molar-refractivity contribution in [2.75, 3.05) is 12.4 Å². The summed E-state index contributed by atoms with van der Waals surface area (Å²) in [5.41, 5.74) is 3.84. The molecule has 1 aliphatic heterocycles. The normalized spacial score (nSPS) is 19.6. The molecule has 8 heteroatoms. The number of carbonyl (C=O) groups is 2. The van der Waals surface area contributed by atoms with E-state index in [1.165, 1.54) is 18.1 Å². The first-order chi connectivity index (χ1) is 17.4. The number of anilines is 1. The average molecular weight is 521 g/mol. The van der Waals surface area contributed by atoms with Crippen molar-refractivity contribution in [2.45, 2.75) is 31.6 Å². The van der Waals surface area contributed by atoms with Crippen LogP contribution in [0.2, 0.25) is 5.02 Å². The van der Waals surface area contributed by atoms with Crippen LogP contribution in [0, 0.1) is 0 Å². The fourth-order valence-corrected chi connectivity index (χ4v) is 5.96. The molecule has 6 nitrogen and oxygen atoms in total. The standard InChI is InChI=1S/C28H25ClN2O4S/c1-15-25(28(34)31-19-8-6-18(29)7-9-19)26(16-5-10-21(32)23(14-16)35-2)27-20(30-15)12-17(13-22(27)33)24-4-3-11-36-24/h3-11,14,17,26,30,32H,12-13H2,1-2H3,(H,31,34)/t17-,26-/m0/s1. The molecule has 2 heterocycles. The predicted molar refractivity (Wildman–Crippen MR) is 142 cm³/mol. The number of amides is 1. The van der Waals surface area contributed by atoms with E-state index in [0.717, 1.165) is 5.70 Å². The van der Waals surface area contributed by atoms with Crippen LogP contribution in [0.15, 0.2) is 82.5 Å². The van der Waals surface area contributed by atoms with Crippen LogP contribution in [0.25, 0.3) is 0 Å². The zero-order valence-corrected chi connectivity index (χ0v) is 21.4. The van der Waals surface area contributed by atoms with Crippen molar-refractivity contribution in [3.8, 4) is 11.5 Å². The Labute approximate surface area is 218 Å². The molecule has 0 spiro atoms. The molecule has 1 aromatic heterocycles. The van der Waals surface area contributed by atoms with Crippen LogP contribution < -0.4 is 15.4 Å². The number of ketones is 1. The molecule has 0 fully saturated rings. The van der Waals surface area contributed by atoms with Crippen LogP contribution in [0.5, 0.6) is 11.5 Å². The van der Waals surface area contributed by atoms with E-state index in [1.807, 2.05) is 18.4 Å². The summed E-state index contributed by atoms with van der Waals surface area (Å²) in [6.45, 7) is 1.85. The van der Waals surface area contributed by atoms with E-state index in [4.69, 9.17) is 16.3 Å². The molecule has 1 aliphatic carbocycles. The predicted octanol–water partition coefficient (Wildman–Crippen LogP) is 6.12. The summed E-state index contributed by atoms with van der Waals surface area (Å²) in [5.74, 6) is -0.564. The van der Waals surface area contributed by atoms with Gasteiger partial charge in [-0.3, -0.25) is 9.59 Å². The number of thiophene rings is 1. The number of methoxy groups -OCH3 is 1. The second-order valence-electron chi connectivity index (χ2n) is 8.92. The molecule has 0 unspecified atom stereocenters. The molecule has 0 radical (unpaired) electrons. The highest BCUT2D eigenvalue weighted by atomic mass is 35.5. The minimum absolute atomic E-state index is 0.00323. The summed E-state index contributed by atoms with van der Waals surface area (Å²) in [6, 6.07) is 15.9. The van der Waals surface area contributed by atoms with Gasteiger partial charge in [0.05, 0.1) is 7.11 Å². The largest absolute Gasteiger partial charge is 0.504 e. The molecule has 184 valence electrons. The molecular weight excluding hydrogens is 496 g/mol. The zero-order chi connectivity index (χ0) is 25.4. The summed E-state index contributed by atoms with van der Waals surface area (Å²) >= 11 is 7.65. The van der Waals surface area contributed by atoms with E-state index in [0.29, 0.717) is 46.0 Å². The SMILES string of the molecule is COc1cc([C@H]2C(C(=O)Nc3ccc(Cl)cc3)=C(C)NC3=C2C(=O)C[C@@H](c2cccs2)C3)ccc1O. The van der Waals surface area contributed by atoms with Crippen molar-refractivity contribution < 1.29 is 19.4 Å². The highest BCUT2D eigenvalue weighted by molar-refractivity contribution is 7.10. The van der Waals surface area contributed by atoms with Crippen molar-refractivity contribution in [1.82, 2.24) is 5.32 Å². The monoisotopic (exact) mass is 520 g/mol. The van der Waals surface area contributed by atoms with Gasteiger partial charge in [0, 0.05) is 56.4 Å². The molecule has 3 aromatic rings. The number of rotatable bonds is 5. The number of allylic oxidation sites excluding steroid dienone is 3. The smallest absolute Gasteiger partial charge is 0.254 e. The van der Waals surface area contributed by atoms with E-state index >= 15 is 0 Å². The number of hydrogen-bond acceptors (Lipinski definition) is 6. The maximum absolute atomic E-state index is 13.7. The van der Waals surface area contributed by atoms with E-state index in [1.54, 1.807) is 47.7 Å². The minimum Gasteiger partial charge on any atom is -0.504 e. The maximum Gasteiger partial charge on any atom is 0.254 e. The lowest BCUT2D eigenvalue weighted by Gasteiger charge is -2.36. The number of dihydropyridines is 1. The molecule has 3 N–H and O–H groups in total. The summed E-state index contributed by atoms with van der Waals surface area (Å²) in [5, 5.41) is 19.1. The van der Waals surface area contributed by atoms with E-state index in [9.17, 15) is 14.7 Å². The Balaban J connectivity index is 1.59. The Morgan fingerprint density at radius 2 is 1.94 bits per heavy atom. The lowest BCUT2D eigenvalue weighted by molar-refractivity contribution is -0.116. The number of phenolic OH excluding ortho intramolecular Hbond substituents is 1. The van der Waals surface area contributed by atoms with Crippen LogP contribution in [-0.4, -0.2) is 23.9 Å². The first-order valence-electron chi connectivity index (χ1n) is 11.6. The molecular formula is C28H25ClN2O4S. The van der Waals surface area contributed by atoms with Gasteiger partial charge in [0.15, 0.2) is 17.3 Å². The van der Waals surface area contributed by atoms with Crippen molar-refractivity contribution in [2.24, 2.45) is 0 Å². The Morgan fingerprint density at radius 1 is 1.17 bits per heavy atom. The third-order valence-corrected chi connectivity index (χ3v) is 7.94. The fraction of sp³-hybridized carbons (Fsp3) is 0.214. The summed E-state index contributed by atoms with van der Waals surface area (Å²) in [6.07, 6.45) is 1.05. The molecule has 2 atom stereocenters. The summed E-state index contributed by atoms with van der Waals surface area (Å²) < 4.78 is 5.34. The summed E-state index contributed by atoms with van der Waals surface area (Å²) in [7, 11) is 1.47. The number of Topliss-reactive ketones (excluding diaryl/α,β-unsaturated/α-hetero) is 1.